The fourth-order valence-electron chi connectivity index (χ4n) is 8.94. The highest BCUT2D eigenvalue weighted by Gasteiger charge is 2.59. The number of carbonyl (C=O) groups is 1. The lowest BCUT2D eigenvalue weighted by Crippen LogP contribution is -2.51. The molecule has 4 aliphatic rings. The highest BCUT2D eigenvalue weighted by molar-refractivity contribution is 5.59. The largest absolute Gasteiger partial charge is 0.508 e. The van der Waals surface area contributed by atoms with Crippen molar-refractivity contribution in [1.29, 1.82) is 0 Å². The standard InChI is InChI=1S/C29H48O3/c1-19(2)8-7-9-20(3)24-12-13-25-23-11-10-21-18-22(32-27(30)31-6)14-16-28(21,4)26(23)15-17-29(24,25)5/h10,19-20,22-26H,7-9,11-18H2,1-6H3/t20-,22+,23+,24-,25+,26-,28+,29-/m1/s1. The predicted molar refractivity (Wildman–Crippen MR) is 130 cm³/mol. The van der Waals surface area contributed by atoms with Crippen LogP contribution < -0.4 is 0 Å². The van der Waals surface area contributed by atoms with Gasteiger partial charge in [-0.1, -0.05) is 65.5 Å². The van der Waals surface area contributed by atoms with Crippen molar-refractivity contribution in [1.82, 2.24) is 0 Å². The van der Waals surface area contributed by atoms with Crippen molar-refractivity contribution in [3.63, 3.8) is 0 Å². The zero-order valence-electron chi connectivity index (χ0n) is 21.6. The molecule has 0 aromatic rings. The summed E-state index contributed by atoms with van der Waals surface area (Å²) in [5.41, 5.74) is 2.42. The second-order valence-corrected chi connectivity index (χ2v) is 12.7. The molecular weight excluding hydrogens is 396 g/mol. The second-order valence-electron chi connectivity index (χ2n) is 12.7. The molecule has 0 aromatic heterocycles. The normalized spacial score (nSPS) is 41.8. The van der Waals surface area contributed by atoms with Crippen molar-refractivity contribution in [2.24, 2.45) is 46.3 Å². The van der Waals surface area contributed by atoms with Crippen LogP contribution in [0.1, 0.15) is 105 Å². The van der Waals surface area contributed by atoms with Crippen LogP contribution in [0.5, 0.6) is 0 Å². The predicted octanol–water partition coefficient (Wildman–Crippen LogP) is 8.18. The smallest absolute Gasteiger partial charge is 0.438 e. The van der Waals surface area contributed by atoms with Gasteiger partial charge in [0.1, 0.15) is 6.10 Å². The summed E-state index contributed by atoms with van der Waals surface area (Å²) in [6.45, 7) is 12.5. The van der Waals surface area contributed by atoms with Crippen molar-refractivity contribution in [3.05, 3.63) is 11.6 Å². The molecule has 0 bridgehead atoms. The zero-order valence-corrected chi connectivity index (χ0v) is 21.6. The average Bonchev–Trinajstić information content (AvgIpc) is 3.11. The van der Waals surface area contributed by atoms with Crippen LogP contribution in [0, 0.1) is 46.3 Å². The van der Waals surface area contributed by atoms with Gasteiger partial charge in [-0.2, -0.15) is 0 Å². The van der Waals surface area contributed by atoms with Crippen LogP contribution in [0.15, 0.2) is 11.6 Å². The van der Waals surface area contributed by atoms with Crippen molar-refractivity contribution >= 4 is 6.16 Å². The number of rotatable bonds is 6. The van der Waals surface area contributed by atoms with E-state index in [9.17, 15) is 4.79 Å². The SMILES string of the molecule is COC(=O)O[C@H]1CC[C@@]2(C)C(=CC[C@@H]3[C@H]2CC[C@]2(C)[C@@H]([C@H](C)CCCC(C)C)CC[C@@H]32)C1. The van der Waals surface area contributed by atoms with Crippen LogP contribution in [0.2, 0.25) is 0 Å². The van der Waals surface area contributed by atoms with Crippen molar-refractivity contribution in [2.75, 3.05) is 7.11 Å². The molecule has 4 aliphatic carbocycles. The number of carbonyl (C=O) groups excluding carboxylic acids is 1. The Morgan fingerprint density at radius 3 is 2.56 bits per heavy atom. The third-order valence-corrected chi connectivity index (χ3v) is 10.7. The first-order valence-electron chi connectivity index (χ1n) is 13.6. The van der Waals surface area contributed by atoms with Crippen molar-refractivity contribution in [3.8, 4) is 0 Å². The molecule has 3 saturated carbocycles. The van der Waals surface area contributed by atoms with Gasteiger partial charge in [0.25, 0.3) is 0 Å². The van der Waals surface area contributed by atoms with Crippen molar-refractivity contribution < 1.29 is 14.3 Å². The molecule has 3 fully saturated rings. The van der Waals surface area contributed by atoms with Gasteiger partial charge in [0.05, 0.1) is 7.11 Å². The van der Waals surface area contributed by atoms with E-state index >= 15 is 0 Å². The summed E-state index contributed by atoms with van der Waals surface area (Å²) >= 11 is 0. The van der Waals surface area contributed by atoms with Gasteiger partial charge in [-0.05, 0) is 91.3 Å². The maximum Gasteiger partial charge on any atom is 0.508 e. The van der Waals surface area contributed by atoms with E-state index in [4.69, 9.17) is 9.47 Å². The van der Waals surface area contributed by atoms with Gasteiger partial charge in [-0.3, -0.25) is 0 Å². The Morgan fingerprint density at radius 1 is 1.06 bits per heavy atom. The Labute approximate surface area is 197 Å². The summed E-state index contributed by atoms with van der Waals surface area (Å²) in [5, 5.41) is 0. The van der Waals surface area contributed by atoms with Crippen LogP contribution in [-0.2, 0) is 9.47 Å². The first-order chi connectivity index (χ1) is 15.2. The minimum atomic E-state index is -0.527. The van der Waals surface area contributed by atoms with Crippen LogP contribution in [0.3, 0.4) is 0 Å². The molecule has 0 heterocycles. The Balaban J connectivity index is 1.45. The van der Waals surface area contributed by atoms with Gasteiger partial charge in [-0.25, -0.2) is 4.79 Å². The molecular formula is C29H48O3. The molecule has 0 aromatic carbocycles. The quantitative estimate of drug-likeness (QED) is 0.306. The summed E-state index contributed by atoms with van der Waals surface area (Å²) in [6.07, 6.45) is 16.2. The van der Waals surface area contributed by atoms with E-state index in [1.165, 1.54) is 58.5 Å². The molecule has 3 nitrogen and oxygen atoms in total. The van der Waals surface area contributed by atoms with E-state index < -0.39 is 6.16 Å². The highest BCUT2D eigenvalue weighted by atomic mass is 16.7. The molecule has 0 N–H and O–H groups in total. The van der Waals surface area contributed by atoms with E-state index in [-0.39, 0.29) is 6.10 Å². The van der Waals surface area contributed by atoms with E-state index in [0.717, 1.165) is 54.8 Å². The Bertz CT molecular complexity index is 711. The number of allylic oxidation sites excluding steroid dienone is 1. The summed E-state index contributed by atoms with van der Waals surface area (Å²) in [4.78, 5) is 11.6. The minimum Gasteiger partial charge on any atom is -0.438 e. The van der Waals surface area contributed by atoms with Gasteiger partial charge in [0, 0.05) is 6.42 Å². The monoisotopic (exact) mass is 444 g/mol. The molecule has 0 aliphatic heterocycles. The topological polar surface area (TPSA) is 35.5 Å². The number of ether oxygens (including phenoxy) is 2. The Kier molecular flexibility index (Phi) is 7.04. The summed E-state index contributed by atoms with van der Waals surface area (Å²) in [7, 11) is 1.40. The number of hydrogen-bond acceptors (Lipinski definition) is 3. The van der Waals surface area contributed by atoms with Crippen LogP contribution >= 0.6 is 0 Å². The zero-order chi connectivity index (χ0) is 23.1. The lowest BCUT2D eigenvalue weighted by atomic mass is 9.47. The van der Waals surface area contributed by atoms with Gasteiger partial charge in [0.2, 0.25) is 0 Å². The molecule has 4 rings (SSSR count). The molecule has 8 atom stereocenters. The summed E-state index contributed by atoms with van der Waals surface area (Å²) in [5.74, 6) is 5.20. The molecule has 0 spiro atoms. The van der Waals surface area contributed by atoms with Gasteiger partial charge < -0.3 is 9.47 Å². The van der Waals surface area contributed by atoms with Gasteiger partial charge >= 0.3 is 6.16 Å². The summed E-state index contributed by atoms with van der Waals surface area (Å²) in [6, 6.07) is 0. The third-order valence-electron chi connectivity index (χ3n) is 10.7. The Hall–Kier alpha value is -0.990. The molecule has 182 valence electrons. The molecule has 3 heteroatoms. The third kappa shape index (κ3) is 4.27. The first kappa shape index (κ1) is 24.1. The lowest BCUT2D eigenvalue weighted by molar-refractivity contribution is -0.0608. The number of fused-ring (bicyclic) bond motifs is 5. The number of hydrogen-bond donors (Lipinski definition) is 0. The molecule has 0 saturated heterocycles. The lowest BCUT2D eigenvalue weighted by Gasteiger charge is -2.58. The first-order valence-corrected chi connectivity index (χ1v) is 13.6. The number of methoxy groups -OCH3 is 1. The van der Waals surface area contributed by atoms with Gasteiger partial charge in [-0.15, -0.1) is 0 Å². The van der Waals surface area contributed by atoms with E-state index in [2.05, 4.69) is 40.7 Å². The molecule has 32 heavy (non-hydrogen) atoms. The van der Waals surface area contributed by atoms with Crippen LogP contribution in [-0.4, -0.2) is 19.4 Å². The highest BCUT2D eigenvalue weighted by Crippen LogP contribution is 2.67. The van der Waals surface area contributed by atoms with Crippen LogP contribution in [0.4, 0.5) is 4.79 Å². The molecule has 0 radical (unpaired) electrons. The molecule has 0 unspecified atom stereocenters. The van der Waals surface area contributed by atoms with Crippen molar-refractivity contribution in [2.45, 2.75) is 111 Å². The Morgan fingerprint density at radius 2 is 1.84 bits per heavy atom. The fourth-order valence-corrected chi connectivity index (χ4v) is 8.94. The fraction of sp³-hybridized carbons (Fsp3) is 0.897. The summed E-state index contributed by atoms with van der Waals surface area (Å²) < 4.78 is 10.3. The van der Waals surface area contributed by atoms with E-state index in [1.54, 1.807) is 5.57 Å². The maximum atomic E-state index is 11.6. The van der Waals surface area contributed by atoms with Gasteiger partial charge in [0.15, 0.2) is 0 Å². The maximum absolute atomic E-state index is 11.6. The minimum absolute atomic E-state index is 0.00488. The second kappa shape index (κ2) is 9.34. The van der Waals surface area contributed by atoms with Crippen LogP contribution in [0.25, 0.3) is 0 Å². The van der Waals surface area contributed by atoms with E-state index in [0.29, 0.717) is 10.8 Å². The average molecular weight is 445 g/mol. The molecule has 0 amide bonds. The van der Waals surface area contributed by atoms with E-state index in [1.807, 2.05) is 0 Å².